The molecule has 0 aliphatic rings. The summed E-state index contributed by atoms with van der Waals surface area (Å²) >= 11 is 0. The zero-order valence-corrected chi connectivity index (χ0v) is 12.3. The third kappa shape index (κ3) is 4.00. The van der Waals surface area contributed by atoms with E-state index >= 15 is 0 Å². The second-order valence-corrected chi connectivity index (χ2v) is 6.15. The quantitative estimate of drug-likeness (QED) is 0.768. The highest BCUT2D eigenvalue weighted by molar-refractivity contribution is 7.89. The van der Waals surface area contributed by atoms with Crippen LogP contribution in [0.3, 0.4) is 0 Å². The number of hydrogen-bond donors (Lipinski definition) is 0. The third-order valence-electron chi connectivity index (χ3n) is 2.72. The minimum absolute atomic E-state index is 0.00950. The topological polar surface area (TPSA) is 70.4 Å². The first-order chi connectivity index (χ1) is 9.43. The van der Waals surface area contributed by atoms with Crippen molar-refractivity contribution in [3.8, 4) is 6.07 Å². The highest BCUT2D eigenvalue weighted by Crippen LogP contribution is 2.20. The average molecular weight is 300 g/mol. The standard InChI is InChI=1S/C13H17FN2O3S/c1-11-4-5-12(14)13(10-11)20(17,18)16(7-3-6-15)8-9-19-2/h4-5,10H,3,7-9H2,1-2H3. The number of methoxy groups -OCH3 is 1. The Morgan fingerprint density at radius 3 is 2.70 bits per heavy atom. The van der Waals surface area contributed by atoms with Gasteiger partial charge < -0.3 is 4.74 Å². The molecule has 20 heavy (non-hydrogen) atoms. The fraction of sp³-hybridized carbons (Fsp3) is 0.462. The van der Waals surface area contributed by atoms with Gasteiger partial charge in [-0.2, -0.15) is 9.57 Å². The van der Waals surface area contributed by atoms with Gasteiger partial charge in [0.2, 0.25) is 10.0 Å². The first kappa shape index (κ1) is 16.6. The number of rotatable bonds is 7. The van der Waals surface area contributed by atoms with E-state index in [2.05, 4.69) is 0 Å². The lowest BCUT2D eigenvalue weighted by molar-refractivity contribution is 0.179. The van der Waals surface area contributed by atoms with Crippen LogP contribution in [-0.2, 0) is 14.8 Å². The second-order valence-electron chi connectivity index (χ2n) is 4.24. The Balaban J connectivity index is 3.14. The number of nitriles is 1. The predicted octanol–water partition coefficient (Wildman–Crippen LogP) is 1.68. The highest BCUT2D eigenvalue weighted by Gasteiger charge is 2.27. The first-order valence-corrected chi connectivity index (χ1v) is 7.49. The van der Waals surface area contributed by atoms with Gasteiger partial charge in [0, 0.05) is 26.6 Å². The van der Waals surface area contributed by atoms with E-state index in [1.54, 1.807) is 6.92 Å². The molecule has 0 radical (unpaired) electrons. The van der Waals surface area contributed by atoms with Gasteiger partial charge in [-0.3, -0.25) is 0 Å². The smallest absolute Gasteiger partial charge is 0.246 e. The van der Waals surface area contributed by atoms with Gasteiger partial charge in [0.1, 0.15) is 10.7 Å². The van der Waals surface area contributed by atoms with Crippen molar-refractivity contribution >= 4 is 10.0 Å². The van der Waals surface area contributed by atoms with Gasteiger partial charge in [0.15, 0.2) is 0 Å². The highest BCUT2D eigenvalue weighted by atomic mass is 32.2. The van der Waals surface area contributed by atoms with Crippen LogP contribution in [0.15, 0.2) is 23.1 Å². The minimum Gasteiger partial charge on any atom is -0.383 e. The molecular weight excluding hydrogens is 283 g/mol. The van der Waals surface area contributed by atoms with Crippen molar-refractivity contribution in [1.82, 2.24) is 4.31 Å². The van der Waals surface area contributed by atoms with Crippen molar-refractivity contribution in [1.29, 1.82) is 5.26 Å². The van der Waals surface area contributed by atoms with Crippen molar-refractivity contribution in [3.63, 3.8) is 0 Å². The van der Waals surface area contributed by atoms with Gasteiger partial charge in [0.05, 0.1) is 12.7 Å². The number of ether oxygens (including phenoxy) is 1. The van der Waals surface area contributed by atoms with Gasteiger partial charge >= 0.3 is 0 Å². The summed E-state index contributed by atoms with van der Waals surface area (Å²) < 4.78 is 44.6. The summed E-state index contributed by atoms with van der Waals surface area (Å²) in [5, 5.41) is 8.60. The first-order valence-electron chi connectivity index (χ1n) is 6.05. The number of benzene rings is 1. The van der Waals surface area contributed by atoms with E-state index in [0.717, 1.165) is 10.4 Å². The Kier molecular flexibility index (Phi) is 6.07. The molecule has 7 heteroatoms. The summed E-state index contributed by atoms with van der Waals surface area (Å²) in [6, 6.07) is 5.80. The van der Waals surface area contributed by atoms with E-state index in [0.29, 0.717) is 5.56 Å². The van der Waals surface area contributed by atoms with Crippen molar-refractivity contribution in [2.24, 2.45) is 0 Å². The molecule has 0 aromatic heterocycles. The molecule has 1 aromatic carbocycles. The van der Waals surface area contributed by atoms with Crippen LogP contribution < -0.4 is 0 Å². The van der Waals surface area contributed by atoms with E-state index in [1.807, 2.05) is 6.07 Å². The Hall–Kier alpha value is -1.49. The number of halogens is 1. The SMILES string of the molecule is COCCN(CCC#N)S(=O)(=O)c1cc(C)ccc1F. The summed E-state index contributed by atoms with van der Waals surface area (Å²) in [5.41, 5.74) is 0.650. The van der Waals surface area contributed by atoms with E-state index in [4.69, 9.17) is 10.00 Å². The van der Waals surface area contributed by atoms with Gasteiger partial charge in [-0.25, -0.2) is 12.8 Å². The number of sulfonamides is 1. The molecule has 0 amide bonds. The lowest BCUT2D eigenvalue weighted by Gasteiger charge is -2.21. The average Bonchev–Trinajstić information content (AvgIpc) is 2.41. The summed E-state index contributed by atoms with van der Waals surface area (Å²) in [4.78, 5) is -0.369. The van der Waals surface area contributed by atoms with Crippen LogP contribution in [-0.4, -0.2) is 39.5 Å². The molecule has 5 nitrogen and oxygen atoms in total. The monoisotopic (exact) mass is 300 g/mol. The Morgan fingerprint density at radius 2 is 2.10 bits per heavy atom. The molecule has 0 saturated carbocycles. The number of hydrogen-bond acceptors (Lipinski definition) is 4. The zero-order chi connectivity index (χ0) is 15.2. The third-order valence-corrected chi connectivity index (χ3v) is 4.64. The van der Waals surface area contributed by atoms with Crippen LogP contribution in [0.5, 0.6) is 0 Å². The van der Waals surface area contributed by atoms with Crippen molar-refractivity contribution in [2.75, 3.05) is 26.8 Å². The molecule has 1 rings (SSSR count). The van der Waals surface area contributed by atoms with Gasteiger partial charge in [-0.05, 0) is 24.6 Å². The molecule has 0 spiro atoms. The molecule has 0 fully saturated rings. The van der Waals surface area contributed by atoms with E-state index in [1.165, 1.54) is 19.2 Å². The maximum Gasteiger partial charge on any atom is 0.246 e. The molecule has 0 saturated heterocycles. The fourth-order valence-electron chi connectivity index (χ4n) is 1.67. The van der Waals surface area contributed by atoms with Crippen LogP contribution in [0.4, 0.5) is 4.39 Å². The molecule has 0 N–H and O–H groups in total. The van der Waals surface area contributed by atoms with Crippen LogP contribution in [0, 0.1) is 24.1 Å². The maximum absolute atomic E-state index is 13.8. The molecule has 0 unspecified atom stereocenters. The fourth-order valence-corrected chi connectivity index (χ4v) is 3.24. The molecule has 1 aromatic rings. The van der Waals surface area contributed by atoms with E-state index in [9.17, 15) is 12.8 Å². The molecule has 0 aliphatic carbocycles. The van der Waals surface area contributed by atoms with E-state index < -0.39 is 15.8 Å². The Morgan fingerprint density at radius 1 is 1.40 bits per heavy atom. The Bertz CT molecular complexity index is 596. The summed E-state index contributed by atoms with van der Waals surface area (Å²) in [7, 11) is -2.52. The summed E-state index contributed by atoms with van der Waals surface area (Å²) in [6.45, 7) is 1.95. The van der Waals surface area contributed by atoms with Gasteiger partial charge in [0.25, 0.3) is 0 Å². The maximum atomic E-state index is 13.8. The zero-order valence-electron chi connectivity index (χ0n) is 11.5. The normalized spacial score (nSPS) is 11.6. The summed E-state index contributed by atoms with van der Waals surface area (Å²) in [5.74, 6) is -0.796. The van der Waals surface area contributed by atoms with Gasteiger partial charge in [-0.1, -0.05) is 6.07 Å². The van der Waals surface area contributed by atoms with Crippen molar-refractivity contribution in [3.05, 3.63) is 29.6 Å². The van der Waals surface area contributed by atoms with Crippen LogP contribution in [0.2, 0.25) is 0 Å². The van der Waals surface area contributed by atoms with Crippen LogP contribution in [0.25, 0.3) is 0 Å². The van der Waals surface area contributed by atoms with Crippen LogP contribution >= 0.6 is 0 Å². The lowest BCUT2D eigenvalue weighted by Crippen LogP contribution is -2.35. The molecule has 0 atom stereocenters. The Labute approximate surface area is 118 Å². The molecule has 0 bridgehead atoms. The second kappa shape index (κ2) is 7.33. The number of aryl methyl sites for hydroxylation is 1. The largest absolute Gasteiger partial charge is 0.383 e. The van der Waals surface area contributed by atoms with Gasteiger partial charge in [-0.15, -0.1) is 0 Å². The lowest BCUT2D eigenvalue weighted by atomic mass is 10.2. The summed E-state index contributed by atoms with van der Waals surface area (Å²) in [6.07, 6.45) is 0.0381. The molecular formula is C13H17FN2O3S. The van der Waals surface area contributed by atoms with Crippen molar-refractivity contribution in [2.45, 2.75) is 18.2 Å². The predicted molar refractivity (Wildman–Crippen MR) is 72.0 cm³/mol. The number of nitrogens with zero attached hydrogens (tertiary/aromatic N) is 2. The van der Waals surface area contributed by atoms with E-state index in [-0.39, 0.29) is 31.0 Å². The minimum atomic E-state index is -3.97. The molecule has 110 valence electrons. The van der Waals surface area contributed by atoms with Crippen molar-refractivity contribution < 1.29 is 17.5 Å². The molecule has 0 heterocycles. The van der Waals surface area contributed by atoms with Crippen LogP contribution in [0.1, 0.15) is 12.0 Å². The molecule has 0 aliphatic heterocycles.